The average molecular weight is 388 g/mol. The molecule has 0 unspecified atom stereocenters. The van der Waals surface area contributed by atoms with Crippen molar-refractivity contribution in [2.24, 2.45) is 5.92 Å². The van der Waals surface area contributed by atoms with Gasteiger partial charge in [0.15, 0.2) is 11.5 Å². The minimum absolute atomic E-state index is 0.213. The van der Waals surface area contributed by atoms with Gasteiger partial charge in [0, 0.05) is 19.5 Å². The van der Waals surface area contributed by atoms with E-state index in [9.17, 15) is 8.42 Å². The molecule has 0 aliphatic rings. The van der Waals surface area contributed by atoms with Crippen molar-refractivity contribution < 1.29 is 8.42 Å². The molecule has 2 N–H and O–H groups in total. The van der Waals surface area contributed by atoms with Crippen molar-refractivity contribution in [3.63, 3.8) is 0 Å². The molecular weight excluding hydrogens is 364 g/mol. The highest BCUT2D eigenvalue weighted by molar-refractivity contribution is 7.89. The summed E-state index contributed by atoms with van der Waals surface area (Å²) in [6, 6.07) is 12.0. The third-order valence-corrected chi connectivity index (χ3v) is 5.53. The minimum atomic E-state index is -3.54. The van der Waals surface area contributed by atoms with Crippen LogP contribution in [0.3, 0.4) is 0 Å². The van der Waals surface area contributed by atoms with E-state index in [0.29, 0.717) is 23.8 Å². The lowest BCUT2D eigenvalue weighted by molar-refractivity contribution is 0.580. The second-order valence-electron chi connectivity index (χ2n) is 6.67. The maximum atomic E-state index is 12.3. The van der Waals surface area contributed by atoms with Crippen LogP contribution in [0.5, 0.6) is 0 Å². The molecule has 27 heavy (non-hydrogen) atoms. The summed E-state index contributed by atoms with van der Waals surface area (Å²) in [6.45, 7) is 5.40. The molecule has 3 aromatic rings. The van der Waals surface area contributed by atoms with E-state index in [4.69, 9.17) is 0 Å². The number of nitrogens with zero attached hydrogens (tertiary/aromatic N) is 4. The van der Waals surface area contributed by atoms with Gasteiger partial charge in [0.05, 0.1) is 4.90 Å². The summed E-state index contributed by atoms with van der Waals surface area (Å²) in [5.41, 5.74) is 0.630. The van der Waals surface area contributed by atoms with Gasteiger partial charge in [-0.25, -0.2) is 13.1 Å². The van der Waals surface area contributed by atoms with E-state index in [1.54, 1.807) is 34.8 Å². The Morgan fingerprint density at radius 1 is 1.04 bits per heavy atom. The normalized spacial score (nSPS) is 12.0. The molecule has 0 aliphatic carbocycles. The fourth-order valence-electron chi connectivity index (χ4n) is 2.55. The number of nitrogens with one attached hydrogen (secondary N) is 2. The Morgan fingerprint density at radius 2 is 1.81 bits per heavy atom. The van der Waals surface area contributed by atoms with Gasteiger partial charge in [-0.2, -0.15) is 4.52 Å². The smallest absolute Gasteiger partial charge is 0.240 e. The van der Waals surface area contributed by atoms with E-state index in [1.807, 2.05) is 12.1 Å². The van der Waals surface area contributed by atoms with Gasteiger partial charge in [0.2, 0.25) is 10.0 Å². The number of sulfonamides is 1. The average Bonchev–Trinajstić information content (AvgIpc) is 3.04. The predicted molar refractivity (Wildman–Crippen MR) is 104 cm³/mol. The Bertz CT molecular complexity index is 986. The Labute approximate surface area is 159 Å². The van der Waals surface area contributed by atoms with Crippen molar-refractivity contribution in [3.8, 4) is 0 Å². The number of rotatable bonds is 9. The first-order chi connectivity index (χ1) is 13.0. The Hall–Kier alpha value is -2.52. The Kier molecular flexibility index (Phi) is 6.02. The summed E-state index contributed by atoms with van der Waals surface area (Å²) < 4.78 is 28.8. The number of aromatic nitrogens is 4. The number of benzene rings is 1. The fourth-order valence-corrected chi connectivity index (χ4v) is 3.61. The topological polar surface area (TPSA) is 101 Å². The van der Waals surface area contributed by atoms with E-state index < -0.39 is 10.0 Å². The molecule has 2 aromatic heterocycles. The van der Waals surface area contributed by atoms with E-state index in [1.165, 1.54) is 0 Å². The Balaban J connectivity index is 1.64. The van der Waals surface area contributed by atoms with Gasteiger partial charge >= 0.3 is 0 Å². The Morgan fingerprint density at radius 3 is 2.56 bits per heavy atom. The zero-order chi connectivity index (χ0) is 19.3. The molecule has 8 nitrogen and oxygen atoms in total. The predicted octanol–water partition coefficient (Wildman–Crippen LogP) is 2.10. The van der Waals surface area contributed by atoms with E-state index >= 15 is 0 Å². The molecule has 0 radical (unpaired) electrons. The summed E-state index contributed by atoms with van der Waals surface area (Å²) in [6.07, 6.45) is 1.44. The second kappa shape index (κ2) is 8.45. The third kappa shape index (κ3) is 5.01. The summed E-state index contributed by atoms with van der Waals surface area (Å²) in [7, 11) is -3.54. The lowest BCUT2D eigenvalue weighted by atomic mass is 10.1. The highest BCUT2D eigenvalue weighted by Gasteiger charge is 2.14. The third-order valence-electron chi connectivity index (χ3n) is 4.05. The van der Waals surface area contributed by atoms with Crippen LogP contribution in [-0.2, 0) is 16.4 Å². The lowest BCUT2D eigenvalue weighted by Gasteiger charge is -2.08. The molecule has 0 amide bonds. The first-order valence-electron chi connectivity index (χ1n) is 8.95. The molecule has 0 bridgehead atoms. The van der Waals surface area contributed by atoms with Crippen molar-refractivity contribution in [1.82, 2.24) is 24.5 Å². The van der Waals surface area contributed by atoms with Gasteiger partial charge in [0.25, 0.3) is 0 Å². The molecule has 0 aliphatic heterocycles. The van der Waals surface area contributed by atoms with Crippen LogP contribution in [0, 0.1) is 5.92 Å². The lowest BCUT2D eigenvalue weighted by Crippen LogP contribution is -2.26. The second-order valence-corrected chi connectivity index (χ2v) is 8.44. The van der Waals surface area contributed by atoms with Crippen LogP contribution >= 0.6 is 0 Å². The molecule has 1 aromatic carbocycles. The number of hydrogen-bond acceptors (Lipinski definition) is 6. The van der Waals surface area contributed by atoms with Gasteiger partial charge in [0.1, 0.15) is 5.82 Å². The van der Waals surface area contributed by atoms with Crippen LogP contribution in [0.25, 0.3) is 5.65 Å². The fraction of sp³-hybridized carbons (Fsp3) is 0.389. The van der Waals surface area contributed by atoms with Crippen LogP contribution in [0.1, 0.15) is 26.1 Å². The molecule has 9 heteroatoms. The van der Waals surface area contributed by atoms with Crippen molar-refractivity contribution in [1.29, 1.82) is 0 Å². The largest absolute Gasteiger partial charge is 0.369 e. The molecule has 144 valence electrons. The number of anilines is 1. The van der Waals surface area contributed by atoms with Crippen LogP contribution < -0.4 is 10.0 Å². The molecule has 0 saturated carbocycles. The molecular formula is C18H24N6O2S. The molecule has 0 atom stereocenters. The van der Waals surface area contributed by atoms with Crippen LogP contribution in [0.15, 0.2) is 47.4 Å². The molecule has 0 fully saturated rings. The van der Waals surface area contributed by atoms with Crippen LogP contribution in [0.4, 0.5) is 5.82 Å². The number of hydrogen-bond donors (Lipinski definition) is 2. The minimum Gasteiger partial charge on any atom is -0.369 e. The summed E-state index contributed by atoms with van der Waals surface area (Å²) >= 11 is 0. The monoisotopic (exact) mass is 388 g/mol. The molecule has 0 saturated heterocycles. The van der Waals surface area contributed by atoms with Crippen molar-refractivity contribution in [3.05, 3.63) is 48.3 Å². The van der Waals surface area contributed by atoms with Gasteiger partial charge in [-0.1, -0.05) is 32.0 Å². The van der Waals surface area contributed by atoms with Crippen molar-refractivity contribution in [2.45, 2.75) is 31.6 Å². The van der Waals surface area contributed by atoms with Gasteiger partial charge in [-0.3, -0.25) is 0 Å². The van der Waals surface area contributed by atoms with Gasteiger partial charge in [-0.05, 0) is 36.6 Å². The quantitative estimate of drug-likeness (QED) is 0.582. The van der Waals surface area contributed by atoms with Crippen LogP contribution in [0.2, 0.25) is 0 Å². The SMILES string of the molecule is CC(C)CCNc1ccc2nnc(CCNS(=O)(=O)c3ccccc3)n2n1. The van der Waals surface area contributed by atoms with Gasteiger partial charge in [-0.15, -0.1) is 15.3 Å². The first kappa shape index (κ1) is 19.2. The molecule has 0 spiro atoms. The highest BCUT2D eigenvalue weighted by atomic mass is 32.2. The van der Waals surface area contributed by atoms with Crippen LogP contribution in [-0.4, -0.2) is 41.3 Å². The van der Waals surface area contributed by atoms with Gasteiger partial charge < -0.3 is 5.32 Å². The highest BCUT2D eigenvalue weighted by Crippen LogP contribution is 2.10. The maximum Gasteiger partial charge on any atom is 0.240 e. The zero-order valence-electron chi connectivity index (χ0n) is 15.5. The maximum absolute atomic E-state index is 12.3. The standard InChI is InChI=1S/C18H24N6O2S/c1-14(2)10-12-19-16-8-9-17-21-22-18(24(17)23-16)11-13-20-27(25,26)15-6-4-3-5-7-15/h3-9,14,20H,10-13H2,1-2H3,(H,19,23). The zero-order valence-corrected chi connectivity index (χ0v) is 16.3. The van der Waals surface area contributed by atoms with Crippen molar-refractivity contribution >= 4 is 21.5 Å². The summed E-state index contributed by atoms with van der Waals surface area (Å²) in [5.74, 6) is 1.96. The van der Waals surface area contributed by atoms with E-state index in [-0.39, 0.29) is 11.4 Å². The van der Waals surface area contributed by atoms with E-state index in [0.717, 1.165) is 18.8 Å². The summed E-state index contributed by atoms with van der Waals surface area (Å²) in [5, 5.41) is 16.0. The van der Waals surface area contributed by atoms with Crippen molar-refractivity contribution in [2.75, 3.05) is 18.4 Å². The van der Waals surface area contributed by atoms with E-state index in [2.05, 4.69) is 39.2 Å². The molecule has 3 rings (SSSR count). The first-order valence-corrected chi connectivity index (χ1v) is 10.4. The number of fused-ring (bicyclic) bond motifs is 1. The molecule has 2 heterocycles. The summed E-state index contributed by atoms with van der Waals surface area (Å²) in [4.78, 5) is 0.242.